The topological polar surface area (TPSA) is 61.2 Å². The summed E-state index contributed by atoms with van der Waals surface area (Å²) in [6.07, 6.45) is 1.83. The first-order valence-electron chi connectivity index (χ1n) is 6.96. The molecule has 1 aromatic heterocycles. The van der Waals surface area contributed by atoms with Crippen molar-refractivity contribution >= 4 is 0 Å². The number of aryl methyl sites for hydroxylation is 1. The van der Waals surface area contributed by atoms with E-state index >= 15 is 0 Å². The number of rotatable bonds is 7. The molecule has 2 aromatic rings. The van der Waals surface area contributed by atoms with Gasteiger partial charge in [0.1, 0.15) is 12.3 Å². The summed E-state index contributed by atoms with van der Waals surface area (Å²) < 4.78 is 12.8. The van der Waals surface area contributed by atoms with Crippen LogP contribution in [0.15, 0.2) is 24.4 Å². The van der Waals surface area contributed by atoms with Crippen LogP contribution in [0.1, 0.15) is 25.1 Å². The fourth-order valence-electron chi connectivity index (χ4n) is 1.88. The van der Waals surface area contributed by atoms with Crippen molar-refractivity contribution in [3.8, 4) is 11.5 Å². The minimum atomic E-state index is 0.366. The molecule has 0 saturated carbocycles. The molecule has 0 aliphatic heterocycles. The Balaban J connectivity index is 2.06. The van der Waals surface area contributed by atoms with Crippen LogP contribution in [0.4, 0.5) is 0 Å². The Morgan fingerprint density at radius 2 is 2.10 bits per heavy atom. The van der Waals surface area contributed by atoms with Crippen LogP contribution in [0.5, 0.6) is 11.5 Å². The fourth-order valence-corrected chi connectivity index (χ4v) is 1.88. The highest BCUT2D eigenvalue weighted by atomic mass is 16.5. The monoisotopic (exact) mass is 290 g/mol. The summed E-state index contributed by atoms with van der Waals surface area (Å²) in [7, 11) is 3.46. The lowest BCUT2D eigenvalue weighted by Gasteiger charge is -2.13. The van der Waals surface area contributed by atoms with Gasteiger partial charge in [-0.15, -0.1) is 5.10 Å². The maximum atomic E-state index is 5.81. The smallest absolute Gasteiger partial charge is 0.162 e. The third-order valence-electron chi connectivity index (χ3n) is 2.97. The van der Waals surface area contributed by atoms with Crippen LogP contribution in [0, 0.1) is 0 Å². The Hall–Kier alpha value is -2.08. The minimum Gasteiger partial charge on any atom is -0.493 e. The van der Waals surface area contributed by atoms with Crippen molar-refractivity contribution in [2.45, 2.75) is 33.0 Å². The van der Waals surface area contributed by atoms with Crippen molar-refractivity contribution in [2.24, 2.45) is 7.05 Å². The van der Waals surface area contributed by atoms with E-state index in [9.17, 15) is 0 Å². The molecule has 0 fully saturated rings. The molecule has 2 rings (SSSR count). The first kappa shape index (κ1) is 15.3. The lowest BCUT2D eigenvalue weighted by Crippen LogP contribution is -2.21. The average Bonchev–Trinajstić information content (AvgIpc) is 2.88. The molecular weight excluding hydrogens is 268 g/mol. The van der Waals surface area contributed by atoms with Crippen molar-refractivity contribution in [3.05, 3.63) is 35.7 Å². The highest BCUT2D eigenvalue weighted by molar-refractivity contribution is 5.43. The molecule has 0 atom stereocenters. The van der Waals surface area contributed by atoms with Gasteiger partial charge >= 0.3 is 0 Å². The van der Waals surface area contributed by atoms with Gasteiger partial charge in [-0.05, 0) is 17.7 Å². The number of benzene rings is 1. The lowest BCUT2D eigenvalue weighted by molar-refractivity contribution is 0.280. The number of aromatic nitrogens is 3. The maximum absolute atomic E-state index is 5.81. The molecule has 21 heavy (non-hydrogen) atoms. The van der Waals surface area contributed by atoms with Crippen molar-refractivity contribution in [3.63, 3.8) is 0 Å². The van der Waals surface area contributed by atoms with E-state index in [0.29, 0.717) is 24.1 Å². The summed E-state index contributed by atoms with van der Waals surface area (Å²) in [5, 5.41) is 11.3. The maximum Gasteiger partial charge on any atom is 0.162 e. The summed E-state index contributed by atoms with van der Waals surface area (Å²) in [6, 6.07) is 6.38. The molecule has 114 valence electrons. The molecule has 0 spiro atoms. The van der Waals surface area contributed by atoms with Gasteiger partial charge < -0.3 is 14.8 Å². The molecule has 6 heteroatoms. The van der Waals surface area contributed by atoms with E-state index in [4.69, 9.17) is 9.47 Å². The van der Waals surface area contributed by atoms with E-state index in [1.807, 2.05) is 31.4 Å². The quantitative estimate of drug-likeness (QED) is 0.844. The van der Waals surface area contributed by atoms with Crippen LogP contribution in [-0.4, -0.2) is 28.1 Å². The molecule has 0 radical (unpaired) electrons. The molecule has 1 heterocycles. The standard InChI is InChI=1S/C15H22N4O2/c1-11(2)16-8-12-5-6-14(20-4)15(7-12)21-10-13-9-19(3)18-17-13/h5-7,9,11,16H,8,10H2,1-4H3. The van der Waals surface area contributed by atoms with Crippen molar-refractivity contribution in [1.29, 1.82) is 0 Å². The Labute approximate surface area is 125 Å². The Bertz CT molecular complexity index is 581. The zero-order valence-electron chi connectivity index (χ0n) is 13.0. The number of ether oxygens (including phenoxy) is 2. The highest BCUT2D eigenvalue weighted by Gasteiger charge is 2.08. The molecule has 0 aliphatic carbocycles. The molecule has 0 saturated heterocycles. The number of hydrogen-bond donors (Lipinski definition) is 1. The van der Waals surface area contributed by atoms with Gasteiger partial charge in [-0.25, -0.2) is 0 Å². The Kier molecular flexibility index (Phi) is 5.16. The summed E-state index contributed by atoms with van der Waals surface area (Å²) in [4.78, 5) is 0. The van der Waals surface area contributed by atoms with Gasteiger partial charge in [0.2, 0.25) is 0 Å². The van der Waals surface area contributed by atoms with E-state index in [0.717, 1.165) is 17.8 Å². The predicted molar refractivity (Wildman–Crippen MR) is 80.3 cm³/mol. The van der Waals surface area contributed by atoms with Crippen LogP contribution < -0.4 is 14.8 Å². The first-order chi connectivity index (χ1) is 10.1. The molecule has 0 bridgehead atoms. The molecule has 1 N–H and O–H groups in total. The van der Waals surface area contributed by atoms with Crippen LogP contribution in [0.2, 0.25) is 0 Å². The van der Waals surface area contributed by atoms with Gasteiger partial charge in [0, 0.05) is 19.6 Å². The van der Waals surface area contributed by atoms with E-state index in [1.165, 1.54) is 0 Å². The van der Waals surface area contributed by atoms with Crippen molar-refractivity contribution < 1.29 is 9.47 Å². The molecule has 0 aliphatic rings. The van der Waals surface area contributed by atoms with Crippen LogP contribution in [-0.2, 0) is 20.2 Å². The summed E-state index contributed by atoms with van der Waals surface area (Å²) in [5.41, 5.74) is 1.93. The average molecular weight is 290 g/mol. The second-order valence-electron chi connectivity index (χ2n) is 5.19. The number of methoxy groups -OCH3 is 1. The normalized spacial score (nSPS) is 10.9. The summed E-state index contributed by atoms with van der Waals surface area (Å²) in [6.45, 7) is 5.40. The molecule has 6 nitrogen and oxygen atoms in total. The highest BCUT2D eigenvalue weighted by Crippen LogP contribution is 2.28. The van der Waals surface area contributed by atoms with Crippen LogP contribution in [0.3, 0.4) is 0 Å². The van der Waals surface area contributed by atoms with Crippen molar-refractivity contribution in [2.75, 3.05) is 7.11 Å². The second kappa shape index (κ2) is 7.08. The van der Waals surface area contributed by atoms with Crippen LogP contribution in [0.25, 0.3) is 0 Å². The summed E-state index contributed by atoms with van der Waals surface area (Å²) in [5.74, 6) is 1.43. The zero-order chi connectivity index (χ0) is 15.2. The Morgan fingerprint density at radius 1 is 1.29 bits per heavy atom. The van der Waals surface area contributed by atoms with E-state index in [2.05, 4.69) is 29.5 Å². The van der Waals surface area contributed by atoms with Gasteiger partial charge in [0.25, 0.3) is 0 Å². The van der Waals surface area contributed by atoms with Crippen LogP contribution >= 0.6 is 0 Å². The number of nitrogens with zero attached hydrogens (tertiary/aromatic N) is 3. The molecular formula is C15H22N4O2. The Morgan fingerprint density at radius 3 is 2.71 bits per heavy atom. The van der Waals surface area contributed by atoms with Crippen molar-refractivity contribution in [1.82, 2.24) is 20.3 Å². The number of hydrogen-bond acceptors (Lipinski definition) is 5. The van der Waals surface area contributed by atoms with E-state index in [-0.39, 0.29) is 0 Å². The predicted octanol–water partition coefficient (Wildman–Crippen LogP) is 1.90. The van der Waals surface area contributed by atoms with Gasteiger partial charge in [0.05, 0.1) is 13.3 Å². The first-order valence-corrected chi connectivity index (χ1v) is 6.96. The summed E-state index contributed by atoms with van der Waals surface area (Å²) >= 11 is 0. The van der Waals surface area contributed by atoms with Gasteiger partial charge in [0.15, 0.2) is 11.5 Å². The largest absolute Gasteiger partial charge is 0.493 e. The zero-order valence-corrected chi connectivity index (χ0v) is 13.0. The SMILES string of the molecule is COc1ccc(CNC(C)C)cc1OCc1cn(C)nn1. The van der Waals surface area contributed by atoms with Gasteiger partial charge in [-0.3, -0.25) is 4.68 Å². The third-order valence-corrected chi connectivity index (χ3v) is 2.97. The van der Waals surface area contributed by atoms with E-state index < -0.39 is 0 Å². The van der Waals surface area contributed by atoms with Gasteiger partial charge in [-0.2, -0.15) is 0 Å². The molecule has 1 aromatic carbocycles. The molecule has 0 amide bonds. The number of nitrogens with one attached hydrogen (secondary N) is 1. The van der Waals surface area contributed by atoms with Gasteiger partial charge in [-0.1, -0.05) is 25.1 Å². The lowest BCUT2D eigenvalue weighted by atomic mass is 10.2. The van der Waals surface area contributed by atoms with E-state index in [1.54, 1.807) is 11.8 Å². The minimum absolute atomic E-state index is 0.366. The third kappa shape index (κ3) is 4.46. The fraction of sp³-hybridized carbons (Fsp3) is 0.467. The second-order valence-corrected chi connectivity index (χ2v) is 5.19. The molecule has 0 unspecified atom stereocenters.